The van der Waals surface area contributed by atoms with Crippen molar-refractivity contribution in [2.75, 3.05) is 44.2 Å². The highest BCUT2D eigenvalue weighted by Crippen LogP contribution is 2.17. The van der Waals surface area contributed by atoms with Crippen LogP contribution in [0.15, 0.2) is 24.3 Å². The number of hydrogen-bond acceptors (Lipinski definition) is 4. The zero-order valence-corrected chi connectivity index (χ0v) is 15.5. The molecular weight excluding hydrogens is 354 g/mol. The van der Waals surface area contributed by atoms with Gasteiger partial charge >= 0.3 is 0 Å². The first-order chi connectivity index (χ1) is 10.6. The standard InChI is InChI=1S/C16H25FN4O.2ClH/c1-13(16(22)19-8-2-7-18)20-9-11-21(12-10-20)15-5-3-14(17)4-6-15;;/h3-6,13H,2,7-12,18H2,1H3,(H,19,22);2*1H. The maximum absolute atomic E-state index is 13.0. The lowest BCUT2D eigenvalue weighted by atomic mass is 10.2. The third-order valence-corrected chi connectivity index (χ3v) is 4.11. The number of halogens is 3. The molecule has 1 heterocycles. The molecule has 1 fully saturated rings. The number of hydrogen-bond donors (Lipinski definition) is 2. The second-order valence-corrected chi connectivity index (χ2v) is 5.61. The van der Waals surface area contributed by atoms with Crippen LogP contribution in [0.4, 0.5) is 10.1 Å². The SMILES string of the molecule is CC(C(=O)NCCCN)N1CCN(c2ccc(F)cc2)CC1.Cl.Cl. The Morgan fingerprint density at radius 1 is 1.21 bits per heavy atom. The summed E-state index contributed by atoms with van der Waals surface area (Å²) in [5, 5.41) is 2.91. The molecule has 0 saturated carbocycles. The summed E-state index contributed by atoms with van der Waals surface area (Å²) < 4.78 is 13.0. The molecule has 3 N–H and O–H groups in total. The Bertz CT molecular complexity index is 481. The summed E-state index contributed by atoms with van der Waals surface area (Å²) in [6.07, 6.45) is 0.802. The number of piperazine rings is 1. The molecule has 1 aliphatic heterocycles. The fourth-order valence-electron chi connectivity index (χ4n) is 2.65. The normalized spacial score (nSPS) is 15.9. The maximum atomic E-state index is 13.0. The van der Waals surface area contributed by atoms with Gasteiger partial charge in [-0.25, -0.2) is 4.39 Å². The zero-order valence-electron chi connectivity index (χ0n) is 13.9. The van der Waals surface area contributed by atoms with E-state index in [1.54, 1.807) is 12.1 Å². The van der Waals surface area contributed by atoms with Crippen LogP contribution in [-0.4, -0.2) is 56.1 Å². The summed E-state index contributed by atoms with van der Waals surface area (Å²) in [6.45, 7) is 6.48. The molecule has 0 spiro atoms. The van der Waals surface area contributed by atoms with Crippen LogP contribution in [0, 0.1) is 5.82 Å². The molecule has 0 aliphatic carbocycles. The Morgan fingerprint density at radius 2 is 1.79 bits per heavy atom. The molecule has 0 radical (unpaired) electrons. The van der Waals surface area contributed by atoms with Crippen molar-refractivity contribution < 1.29 is 9.18 Å². The number of carbonyl (C=O) groups excluding carboxylic acids is 1. The van der Waals surface area contributed by atoms with Gasteiger partial charge in [0.15, 0.2) is 0 Å². The smallest absolute Gasteiger partial charge is 0.237 e. The highest BCUT2D eigenvalue weighted by molar-refractivity contribution is 5.85. The number of amides is 1. The average Bonchev–Trinajstić information content (AvgIpc) is 2.55. The van der Waals surface area contributed by atoms with E-state index in [-0.39, 0.29) is 42.6 Å². The van der Waals surface area contributed by atoms with Crippen LogP contribution in [0.5, 0.6) is 0 Å². The third kappa shape index (κ3) is 6.43. The lowest BCUT2D eigenvalue weighted by molar-refractivity contribution is -0.126. The van der Waals surface area contributed by atoms with Crippen molar-refractivity contribution in [1.82, 2.24) is 10.2 Å². The second-order valence-electron chi connectivity index (χ2n) is 5.61. The van der Waals surface area contributed by atoms with E-state index in [0.717, 1.165) is 38.3 Å². The zero-order chi connectivity index (χ0) is 15.9. The van der Waals surface area contributed by atoms with Gasteiger partial charge in [0.25, 0.3) is 0 Å². The molecule has 1 aromatic rings. The molecule has 1 aliphatic rings. The summed E-state index contributed by atoms with van der Waals surface area (Å²) in [6, 6.07) is 6.43. The van der Waals surface area contributed by atoms with E-state index >= 15 is 0 Å². The van der Waals surface area contributed by atoms with E-state index in [9.17, 15) is 9.18 Å². The maximum Gasteiger partial charge on any atom is 0.237 e. The minimum atomic E-state index is -0.217. The fraction of sp³-hybridized carbons (Fsp3) is 0.562. The largest absolute Gasteiger partial charge is 0.369 e. The summed E-state index contributed by atoms with van der Waals surface area (Å²) >= 11 is 0. The predicted octanol–water partition coefficient (Wildman–Crippen LogP) is 1.64. The van der Waals surface area contributed by atoms with Crippen molar-refractivity contribution in [1.29, 1.82) is 0 Å². The van der Waals surface area contributed by atoms with Crippen LogP contribution >= 0.6 is 24.8 Å². The molecule has 24 heavy (non-hydrogen) atoms. The van der Waals surface area contributed by atoms with Crippen molar-refractivity contribution in [3.63, 3.8) is 0 Å². The molecule has 2 rings (SSSR count). The van der Waals surface area contributed by atoms with Crippen molar-refractivity contribution in [2.45, 2.75) is 19.4 Å². The van der Waals surface area contributed by atoms with E-state index < -0.39 is 0 Å². The molecule has 1 aromatic carbocycles. The van der Waals surface area contributed by atoms with Gasteiger partial charge in [-0.15, -0.1) is 24.8 Å². The van der Waals surface area contributed by atoms with Gasteiger partial charge in [-0.3, -0.25) is 9.69 Å². The Balaban J connectivity index is 0.00000264. The first kappa shape index (κ1) is 22.9. The number of benzene rings is 1. The predicted molar refractivity (Wildman–Crippen MR) is 101 cm³/mol. The summed E-state index contributed by atoms with van der Waals surface area (Å²) in [5.74, 6) is -0.158. The highest BCUT2D eigenvalue weighted by atomic mass is 35.5. The molecule has 1 atom stereocenters. The van der Waals surface area contributed by atoms with Gasteiger partial charge in [-0.2, -0.15) is 0 Å². The topological polar surface area (TPSA) is 61.6 Å². The second kappa shape index (κ2) is 11.5. The van der Waals surface area contributed by atoms with Crippen molar-refractivity contribution in [3.05, 3.63) is 30.1 Å². The minimum Gasteiger partial charge on any atom is -0.369 e. The first-order valence-corrected chi connectivity index (χ1v) is 7.84. The number of rotatable bonds is 6. The van der Waals surface area contributed by atoms with E-state index in [0.29, 0.717) is 13.1 Å². The van der Waals surface area contributed by atoms with Gasteiger partial charge in [-0.05, 0) is 44.2 Å². The number of nitrogens with two attached hydrogens (primary N) is 1. The lowest BCUT2D eigenvalue weighted by Crippen LogP contribution is -2.54. The summed E-state index contributed by atoms with van der Waals surface area (Å²) in [5.41, 5.74) is 6.45. The fourth-order valence-corrected chi connectivity index (χ4v) is 2.65. The van der Waals surface area contributed by atoms with Gasteiger partial charge in [0.1, 0.15) is 5.82 Å². The van der Waals surface area contributed by atoms with Crippen LogP contribution in [0.1, 0.15) is 13.3 Å². The Morgan fingerprint density at radius 3 is 2.33 bits per heavy atom. The molecule has 138 valence electrons. The number of nitrogens with one attached hydrogen (secondary N) is 1. The Hall–Kier alpha value is -1.08. The number of carbonyl (C=O) groups is 1. The van der Waals surface area contributed by atoms with Gasteiger partial charge in [-0.1, -0.05) is 0 Å². The molecule has 1 amide bonds. The van der Waals surface area contributed by atoms with Crippen LogP contribution in [0.2, 0.25) is 0 Å². The highest BCUT2D eigenvalue weighted by Gasteiger charge is 2.25. The van der Waals surface area contributed by atoms with Crippen LogP contribution in [-0.2, 0) is 4.79 Å². The lowest BCUT2D eigenvalue weighted by Gasteiger charge is -2.38. The molecule has 1 saturated heterocycles. The Labute approximate surface area is 155 Å². The van der Waals surface area contributed by atoms with Gasteiger partial charge in [0.2, 0.25) is 5.91 Å². The van der Waals surface area contributed by atoms with Gasteiger partial charge in [0, 0.05) is 38.4 Å². The molecule has 1 unspecified atom stereocenters. The molecule has 5 nitrogen and oxygen atoms in total. The summed E-state index contributed by atoms with van der Waals surface area (Å²) in [7, 11) is 0. The van der Waals surface area contributed by atoms with Crippen LogP contribution < -0.4 is 16.0 Å². The van der Waals surface area contributed by atoms with Gasteiger partial charge in [0.05, 0.1) is 6.04 Å². The quantitative estimate of drug-likeness (QED) is 0.736. The monoisotopic (exact) mass is 380 g/mol. The van der Waals surface area contributed by atoms with E-state index in [4.69, 9.17) is 5.73 Å². The van der Waals surface area contributed by atoms with Gasteiger partial charge < -0.3 is 16.0 Å². The van der Waals surface area contributed by atoms with Crippen molar-refractivity contribution in [2.24, 2.45) is 5.73 Å². The van der Waals surface area contributed by atoms with Crippen LogP contribution in [0.3, 0.4) is 0 Å². The molecule has 8 heteroatoms. The van der Waals surface area contributed by atoms with Crippen molar-refractivity contribution >= 4 is 36.4 Å². The molecule has 0 bridgehead atoms. The first-order valence-electron chi connectivity index (χ1n) is 7.84. The van der Waals surface area contributed by atoms with Crippen LogP contribution in [0.25, 0.3) is 0 Å². The van der Waals surface area contributed by atoms with E-state index in [2.05, 4.69) is 15.1 Å². The minimum absolute atomic E-state index is 0. The number of nitrogens with zero attached hydrogens (tertiary/aromatic N) is 2. The number of anilines is 1. The van der Waals surface area contributed by atoms with E-state index in [1.807, 2.05) is 6.92 Å². The average molecular weight is 381 g/mol. The van der Waals surface area contributed by atoms with Crippen molar-refractivity contribution in [3.8, 4) is 0 Å². The van der Waals surface area contributed by atoms with E-state index in [1.165, 1.54) is 12.1 Å². The summed E-state index contributed by atoms with van der Waals surface area (Å²) in [4.78, 5) is 16.5. The molecule has 0 aromatic heterocycles. The Kier molecular flexibility index (Phi) is 11.0. The third-order valence-electron chi connectivity index (χ3n) is 4.11. The molecular formula is C16H27Cl2FN4O.